The van der Waals surface area contributed by atoms with Crippen LogP contribution in [-0.2, 0) is 4.79 Å². The minimum atomic E-state index is -0.300. The van der Waals surface area contributed by atoms with Crippen LogP contribution in [0.4, 0.5) is 0 Å². The summed E-state index contributed by atoms with van der Waals surface area (Å²) in [7, 11) is 0. The molecule has 3 heteroatoms. The van der Waals surface area contributed by atoms with E-state index in [0.29, 0.717) is 0 Å². The number of thioether (sulfide) groups is 1. The van der Waals surface area contributed by atoms with E-state index >= 15 is 0 Å². The van der Waals surface area contributed by atoms with Crippen molar-refractivity contribution >= 4 is 17.7 Å². The summed E-state index contributed by atoms with van der Waals surface area (Å²) in [4.78, 5) is 10.5. The molecule has 0 aliphatic carbocycles. The Labute approximate surface area is 117 Å². The maximum atomic E-state index is 10.5. The van der Waals surface area contributed by atoms with E-state index in [-0.39, 0.29) is 5.91 Å². The smallest absolute Gasteiger partial charge is 0.222 e. The number of amides is 1. The van der Waals surface area contributed by atoms with Gasteiger partial charge in [-0.05, 0) is 12.2 Å². The Morgan fingerprint density at radius 2 is 1.44 bits per heavy atom. The Hall–Kier alpha value is -0.180. The number of nitrogens with two attached hydrogens (primary N) is 1. The fourth-order valence-corrected chi connectivity index (χ4v) is 2.77. The molecule has 107 valence electrons. The Morgan fingerprint density at radius 3 is 1.94 bits per heavy atom. The van der Waals surface area contributed by atoms with Crippen LogP contribution >= 0.6 is 11.8 Å². The van der Waals surface area contributed by atoms with E-state index in [9.17, 15) is 4.79 Å². The van der Waals surface area contributed by atoms with E-state index in [0.717, 1.165) is 11.5 Å². The largest absolute Gasteiger partial charge is 0.369 e. The van der Waals surface area contributed by atoms with Crippen molar-refractivity contribution in [2.75, 3.05) is 11.5 Å². The lowest BCUT2D eigenvalue weighted by Crippen LogP contribution is -2.12. The summed E-state index contributed by atoms with van der Waals surface area (Å²) < 4.78 is 0. The molecule has 0 aliphatic heterocycles. The Morgan fingerprint density at radius 1 is 0.944 bits per heavy atom. The standard InChI is InChI=1S/C15H30NOS/c1-2-3-4-5-6-7-8-9-10-11-13-18-14-12-15(16)17/h12H,2-11,13-14H2,1H3,(H2,16,17). The Kier molecular flexibility index (Phi) is 14.7. The second kappa shape index (κ2) is 14.9. The highest BCUT2D eigenvalue weighted by Gasteiger charge is 1.96. The molecule has 0 aromatic rings. The highest BCUT2D eigenvalue weighted by atomic mass is 32.2. The van der Waals surface area contributed by atoms with Crippen molar-refractivity contribution in [1.29, 1.82) is 0 Å². The molecule has 0 unspecified atom stereocenters. The first-order valence-electron chi connectivity index (χ1n) is 7.47. The summed E-state index contributed by atoms with van der Waals surface area (Å²) >= 11 is 1.80. The van der Waals surface area contributed by atoms with Crippen molar-refractivity contribution in [2.45, 2.75) is 71.1 Å². The lowest BCUT2D eigenvalue weighted by molar-refractivity contribution is -0.114. The van der Waals surface area contributed by atoms with Crippen molar-refractivity contribution in [2.24, 2.45) is 5.73 Å². The van der Waals surface area contributed by atoms with Gasteiger partial charge >= 0.3 is 0 Å². The van der Waals surface area contributed by atoms with Gasteiger partial charge in [-0.25, -0.2) is 0 Å². The number of unbranched alkanes of at least 4 members (excludes halogenated alkanes) is 9. The van der Waals surface area contributed by atoms with Gasteiger partial charge in [0, 0.05) is 5.75 Å². The number of hydrogen-bond donors (Lipinski definition) is 1. The quantitative estimate of drug-likeness (QED) is 0.478. The van der Waals surface area contributed by atoms with Crippen LogP contribution in [0.3, 0.4) is 0 Å². The maximum Gasteiger partial charge on any atom is 0.222 e. The molecule has 0 aromatic heterocycles. The average Bonchev–Trinajstić information content (AvgIpc) is 2.34. The van der Waals surface area contributed by atoms with Gasteiger partial charge in [0.15, 0.2) is 0 Å². The number of rotatable bonds is 14. The number of carbonyl (C=O) groups excluding carboxylic acids is 1. The van der Waals surface area contributed by atoms with Crippen molar-refractivity contribution < 1.29 is 4.79 Å². The molecular formula is C15H30NOS. The molecule has 0 bridgehead atoms. The minimum absolute atomic E-state index is 0.300. The predicted octanol–water partition coefficient (Wildman–Crippen LogP) is 4.33. The first-order valence-corrected chi connectivity index (χ1v) is 8.63. The zero-order valence-corrected chi connectivity index (χ0v) is 12.8. The molecule has 0 heterocycles. The molecule has 0 aromatic carbocycles. The molecule has 18 heavy (non-hydrogen) atoms. The van der Waals surface area contributed by atoms with Gasteiger partial charge in [-0.3, -0.25) is 4.79 Å². The van der Waals surface area contributed by atoms with E-state index in [2.05, 4.69) is 6.92 Å². The lowest BCUT2D eigenvalue weighted by atomic mass is 10.1. The molecule has 1 amide bonds. The van der Waals surface area contributed by atoms with Crippen LogP contribution in [0.15, 0.2) is 0 Å². The van der Waals surface area contributed by atoms with E-state index < -0.39 is 0 Å². The third-order valence-corrected chi connectivity index (χ3v) is 4.02. The third-order valence-electron chi connectivity index (χ3n) is 3.04. The van der Waals surface area contributed by atoms with Gasteiger partial charge in [0.25, 0.3) is 0 Å². The summed E-state index contributed by atoms with van der Waals surface area (Å²) in [6.45, 7) is 2.26. The number of hydrogen-bond acceptors (Lipinski definition) is 2. The van der Waals surface area contributed by atoms with E-state index in [4.69, 9.17) is 5.73 Å². The molecular weight excluding hydrogens is 242 g/mol. The molecule has 1 radical (unpaired) electrons. The topological polar surface area (TPSA) is 43.1 Å². The molecule has 0 aliphatic rings. The van der Waals surface area contributed by atoms with Gasteiger partial charge in [-0.2, -0.15) is 11.8 Å². The highest BCUT2D eigenvalue weighted by Crippen LogP contribution is 2.12. The summed E-state index contributed by atoms with van der Waals surface area (Å²) in [5.74, 6) is 1.62. The normalized spacial score (nSPS) is 10.7. The third kappa shape index (κ3) is 15.8. The fourth-order valence-electron chi connectivity index (χ4n) is 1.92. The molecule has 0 saturated heterocycles. The molecule has 0 rings (SSSR count). The van der Waals surface area contributed by atoms with Gasteiger partial charge in [-0.1, -0.05) is 64.7 Å². The summed E-state index contributed by atoms with van der Waals surface area (Å²) in [6, 6.07) is 0. The zero-order chi connectivity index (χ0) is 13.5. The van der Waals surface area contributed by atoms with Crippen LogP contribution in [0.25, 0.3) is 0 Å². The van der Waals surface area contributed by atoms with Gasteiger partial charge in [-0.15, -0.1) is 0 Å². The summed E-state index contributed by atoms with van der Waals surface area (Å²) in [6.07, 6.45) is 15.3. The molecule has 0 saturated carbocycles. The van der Waals surface area contributed by atoms with Crippen molar-refractivity contribution in [3.8, 4) is 0 Å². The van der Waals surface area contributed by atoms with Crippen molar-refractivity contribution in [1.82, 2.24) is 0 Å². The van der Waals surface area contributed by atoms with Gasteiger partial charge < -0.3 is 5.73 Å². The molecule has 0 fully saturated rings. The zero-order valence-electron chi connectivity index (χ0n) is 12.0. The van der Waals surface area contributed by atoms with Crippen molar-refractivity contribution in [3.63, 3.8) is 0 Å². The second-order valence-electron chi connectivity index (χ2n) is 4.86. The molecule has 2 N–H and O–H groups in total. The molecule has 0 atom stereocenters. The van der Waals surface area contributed by atoms with Crippen molar-refractivity contribution in [3.05, 3.63) is 6.42 Å². The van der Waals surface area contributed by atoms with Crippen LogP contribution in [0.5, 0.6) is 0 Å². The van der Waals surface area contributed by atoms with Crippen LogP contribution in [0.1, 0.15) is 71.1 Å². The second-order valence-corrected chi connectivity index (χ2v) is 6.01. The lowest BCUT2D eigenvalue weighted by Gasteiger charge is -2.02. The highest BCUT2D eigenvalue weighted by molar-refractivity contribution is 7.99. The average molecular weight is 272 g/mol. The Balaban J connectivity index is 2.92. The van der Waals surface area contributed by atoms with Gasteiger partial charge in [0.2, 0.25) is 5.91 Å². The van der Waals surface area contributed by atoms with Crippen LogP contribution in [-0.4, -0.2) is 17.4 Å². The van der Waals surface area contributed by atoms with Crippen LogP contribution in [0.2, 0.25) is 0 Å². The fraction of sp³-hybridized carbons (Fsp3) is 0.867. The molecule has 0 spiro atoms. The van der Waals surface area contributed by atoms with Gasteiger partial charge in [0.1, 0.15) is 0 Å². The number of primary amides is 1. The first kappa shape index (κ1) is 17.8. The Bertz CT molecular complexity index is 185. The van der Waals surface area contributed by atoms with Gasteiger partial charge in [0.05, 0.1) is 6.42 Å². The van der Waals surface area contributed by atoms with E-state index in [1.807, 2.05) is 0 Å². The van der Waals surface area contributed by atoms with E-state index in [1.165, 1.54) is 64.2 Å². The predicted molar refractivity (Wildman–Crippen MR) is 82.7 cm³/mol. The molecule has 2 nitrogen and oxygen atoms in total. The number of carbonyl (C=O) groups is 1. The first-order chi connectivity index (χ1) is 8.77. The minimum Gasteiger partial charge on any atom is -0.369 e. The summed E-state index contributed by atoms with van der Waals surface area (Å²) in [5.41, 5.74) is 5.02. The maximum absolute atomic E-state index is 10.5. The van der Waals surface area contributed by atoms with E-state index in [1.54, 1.807) is 18.2 Å². The summed E-state index contributed by atoms with van der Waals surface area (Å²) in [5, 5.41) is 0. The van der Waals surface area contributed by atoms with Crippen LogP contribution in [0, 0.1) is 6.42 Å². The SMILES string of the molecule is CCCCCCCCCCCCSC[CH]C(N)=O. The monoisotopic (exact) mass is 272 g/mol. The van der Waals surface area contributed by atoms with Crippen LogP contribution < -0.4 is 5.73 Å².